The summed E-state index contributed by atoms with van der Waals surface area (Å²) in [4.78, 5) is 29.5. The summed E-state index contributed by atoms with van der Waals surface area (Å²) in [5, 5.41) is 0. The lowest BCUT2D eigenvalue weighted by Crippen LogP contribution is -2.09. The summed E-state index contributed by atoms with van der Waals surface area (Å²) in [7, 11) is 0. The lowest BCUT2D eigenvalue weighted by atomic mass is 10.1. The van der Waals surface area contributed by atoms with Crippen LogP contribution in [0.2, 0.25) is 0 Å². The van der Waals surface area contributed by atoms with Crippen molar-refractivity contribution in [1.29, 1.82) is 0 Å². The number of aromatic nitrogens is 4. The lowest BCUT2D eigenvalue weighted by molar-refractivity contribution is 0.0986. The number of rotatable bonds is 7. The minimum absolute atomic E-state index is 0.0878. The van der Waals surface area contributed by atoms with Crippen molar-refractivity contribution in [3.8, 4) is 11.5 Å². The van der Waals surface area contributed by atoms with E-state index in [4.69, 9.17) is 4.74 Å². The molecule has 0 unspecified atom stereocenters. The molecule has 6 heteroatoms. The highest BCUT2D eigenvalue weighted by Gasteiger charge is 2.13. The van der Waals surface area contributed by atoms with E-state index in [1.165, 1.54) is 6.33 Å². The van der Waals surface area contributed by atoms with E-state index in [-0.39, 0.29) is 12.2 Å². The Morgan fingerprint density at radius 3 is 2.38 bits per heavy atom. The zero-order valence-electron chi connectivity index (χ0n) is 14.8. The average Bonchev–Trinajstić information content (AvgIpc) is 2.68. The molecule has 0 N–H and O–H groups in total. The Morgan fingerprint density at radius 1 is 0.923 bits per heavy atom. The maximum atomic E-state index is 12.7. The number of ether oxygens (including phenoxy) is 1. The number of ketones is 1. The average molecular weight is 348 g/mol. The number of aryl methyl sites for hydroxylation is 2. The molecular formula is C20H20N4O2. The van der Waals surface area contributed by atoms with Crippen LogP contribution >= 0.6 is 0 Å². The third kappa shape index (κ3) is 4.47. The fraction of sp³-hybridized carbons (Fsp3) is 0.250. The Kier molecular flexibility index (Phi) is 5.63. The Labute approximate surface area is 152 Å². The molecule has 3 aromatic heterocycles. The van der Waals surface area contributed by atoms with Gasteiger partial charge in [0.05, 0.1) is 18.8 Å². The van der Waals surface area contributed by atoms with E-state index in [1.54, 1.807) is 18.5 Å². The van der Waals surface area contributed by atoms with Crippen molar-refractivity contribution in [3.05, 3.63) is 71.8 Å². The van der Waals surface area contributed by atoms with Gasteiger partial charge < -0.3 is 4.74 Å². The van der Waals surface area contributed by atoms with Crippen molar-refractivity contribution in [1.82, 2.24) is 19.9 Å². The normalized spacial score (nSPS) is 10.5. The number of carbonyl (C=O) groups excluding carboxylic acids is 1. The summed E-state index contributed by atoms with van der Waals surface area (Å²) >= 11 is 0. The van der Waals surface area contributed by atoms with E-state index in [1.807, 2.05) is 38.1 Å². The van der Waals surface area contributed by atoms with Crippen LogP contribution in [0, 0.1) is 0 Å². The van der Waals surface area contributed by atoms with Crippen LogP contribution in [0.25, 0.3) is 0 Å². The molecule has 3 heterocycles. The van der Waals surface area contributed by atoms with Gasteiger partial charge in [-0.25, -0.2) is 15.0 Å². The van der Waals surface area contributed by atoms with Gasteiger partial charge in [0.25, 0.3) is 0 Å². The molecule has 26 heavy (non-hydrogen) atoms. The molecule has 0 aliphatic heterocycles. The molecule has 3 aromatic rings. The second kappa shape index (κ2) is 8.29. The summed E-state index contributed by atoms with van der Waals surface area (Å²) in [6.45, 7) is 4.02. The van der Waals surface area contributed by atoms with Crippen LogP contribution < -0.4 is 4.74 Å². The summed E-state index contributed by atoms with van der Waals surface area (Å²) in [5.74, 6) is 0.969. The van der Waals surface area contributed by atoms with Crippen LogP contribution in [0.15, 0.2) is 49.1 Å². The van der Waals surface area contributed by atoms with Crippen molar-refractivity contribution < 1.29 is 9.53 Å². The third-order valence-corrected chi connectivity index (χ3v) is 3.84. The van der Waals surface area contributed by atoms with Gasteiger partial charge in [-0.3, -0.25) is 9.78 Å². The molecule has 3 rings (SSSR count). The minimum atomic E-state index is -0.0878. The second-order valence-electron chi connectivity index (χ2n) is 5.78. The number of pyridine rings is 2. The number of hydrogen-bond acceptors (Lipinski definition) is 6. The largest absolute Gasteiger partial charge is 0.454 e. The van der Waals surface area contributed by atoms with E-state index in [0.717, 1.165) is 23.5 Å². The molecule has 0 saturated heterocycles. The van der Waals surface area contributed by atoms with Crippen LogP contribution in [0.4, 0.5) is 0 Å². The first-order valence-electron chi connectivity index (χ1n) is 8.59. The van der Waals surface area contributed by atoms with Gasteiger partial charge in [0.15, 0.2) is 11.5 Å². The Bertz CT molecular complexity index is 897. The molecule has 0 amide bonds. The lowest BCUT2D eigenvalue weighted by Gasteiger charge is -2.09. The SMILES string of the molecule is CCc1cccc(CC(=O)c2cc(Oc3cncnc3)cc(CC)n2)n1. The molecule has 0 bridgehead atoms. The van der Waals surface area contributed by atoms with E-state index in [9.17, 15) is 4.79 Å². The highest BCUT2D eigenvalue weighted by molar-refractivity contribution is 5.95. The zero-order valence-corrected chi connectivity index (χ0v) is 14.8. The van der Waals surface area contributed by atoms with Gasteiger partial charge in [-0.05, 0) is 25.0 Å². The molecule has 132 valence electrons. The van der Waals surface area contributed by atoms with Crippen LogP contribution in [-0.2, 0) is 19.3 Å². The predicted molar refractivity (Wildman–Crippen MR) is 97.4 cm³/mol. The summed E-state index contributed by atoms with van der Waals surface area (Å²) < 4.78 is 5.77. The molecule has 0 atom stereocenters. The van der Waals surface area contributed by atoms with Gasteiger partial charge in [-0.15, -0.1) is 0 Å². The van der Waals surface area contributed by atoms with E-state index >= 15 is 0 Å². The molecule has 0 spiro atoms. The van der Waals surface area contributed by atoms with Gasteiger partial charge >= 0.3 is 0 Å². The van der Waals surface area contributed by atoms with Crippen LogP contribution in [0.1, 0.15) is 41.4 Å². The highest BCUT2D eigenvalue weighted by Crippen LogP contribution is 2.22. The fourth-order valence-corrected chi connectivity index (χ4v) is 2.50. The summed E-state index contributed by atoms with van der Waals surface area (Å²) in [6, 6.07) is 9.21. The maximum absolute atomic E-state index is 12.7. The molecule has 0 aromatic carbocycles. The van der Waals surface area contributed by atoms with E-state index < -0.39 is 0 Å². The van der Waals surface area contributed by atoms with Gasteiger partial charge in [0.1, 0.15) is 17.8 Å². The molecule has 0 aliphatic carbocycles. The molecule has 6 nitrogen and oxygen atoms in total. The quantitative estimate of drug-likeness (QED) is 0.607. The monoisotopic (exact) mass is 348 g/mol. The van der Waals surface area contributed by atoms with Gasteiger partial charge in [0.2, 0.25) is 0 Å². The third-order valence-electron chi connectivity index (χ3n) is 3.84. The smallest absolute Gasteiger partial charge is 0.187 e. The van der Waals surface area contributed by atoms with Gasteiger partial charge in [-0.1, -0.05) is 19.9 Å². The van der Waals surface area contributed by atoms with Crippen molar-refractivity contribution in [2.75, 3.05) is 0 Å². The highest BCUT2D eigenvalue weighted by atomic mass is 16.5. The number of carbonyl (C=O) groups is 1. The number of hydrogen-bond donors (Lipinski definition) is 0. The standard InChI is InChI=1S/C20H20N4O2/c1-3-14-6-5-7-16(23-14)9-20(25)19-10-17(8-15(4-2)24-19)26-18-11-21-13-22-12-18/h5-8,10-13H,3-4,9H2,1-2H3. The van der Waals surface area contributed by atoms with Crippen molar-refractivity contribution in [3.63, 3.8) is 0 Å². The van der Waals surface area contributed by atoms with Crippen LogP contribution in [0.5, 0.6) is 11.5 Å². The summed E-state index contributed by atoms with van der Waals surface area (Å²) in [6.07, 6.45) is 6.32. The topological polar surface area (TPSA) is 77.9 Å². The molecule has 0 radical (unpaired) electrons. The minimum Gasteiger partial charge on any atom is -0.454 e. The summed E-state index contributed by atoms with van der Waals surface area (Å²) in [5.41, 5.74) is 2.88. The van der Waals surface area contributed by atoms with Gasteiger partial charge in [0, 0.05) is 29.2 Å². The second-order valence-corrected chi connectivity index (χ2v) is 5.78. The Hall–Kier alpha value is -3.15. The van der Waals surface area contributed by atoms with Crippen molar-refractivity contribution in [2.45, 2.75) is 33.1 Å². The Balaban J connectivity index is 1.83. The van der Waals surface area contributed by atoms with Crippen molar-refractivity contribution in [2.24, 2.45) is 0 Å². The fourth-order valence-electron chi connectivity index (χ4n) is 2.50. The van der Waals surface area contributed by atoms with Crippen LogP contribution in [0.3, 0.4) is 0 Å². The van der Waals surface area contributed by atoms with Gasteiger partial charge in [-0.2, -0.15) is 0 Å². The van der Waals surface area contributed by atoms with E-state index in [0.29, 0.717) is 23.6 Å². The predicted octanol–water partition coefficient (Wildman–Crippen LogP) is 3.61. The number of Topliss-reactive ketones (excluding diaryl/α,β-unsaturated/α-hetero) is 1. The van der Waals surface area contributed by atoms with Crippen molar-refractivity contribution >= 4 is 5.78 Å². The Morgan fingerprint density at radius 2 is 1.65 bits per heavy atom. The zero-order chi connectivity index (χ0) is 18.4. The molecule has 0 fully saturated rings. The van der Waals surface area contributed by atoms with E-state index in [2.05, 4.69) is 19.9 Å². The molecule has 0 saturated carbocycles. The molecular weight excluding hydrogens is 328 g/mol. The first kappa shape index (κ1) is 17.7. The number of nitrogens with zero attached hydrogens (tertiary/aromatic N) is 4. The molecule has 0 aliphatic rings. The maximum Gasteiger partial charge on any atom is 0.187 e. The van der Waals surface area contributed by atoms with Crippen LogP contribution in [-0.4, -0.2) is 25.7 Å². The first-order valence-corrected chi connectivity index (χ1v) is 8.59. The first-order chi connectivity index (χ1) is 12.7.